The number of benzene rings is 2. The standard InChI is InChI=1S/C22H23N3O4/c1-28-19-8-7-14(11-20(19)29-2)22(27)23-12-21(26)25-10-9-18-16(13-25)15-5-3-4-6-17(15)24-18/h3-8,11,24H,9-10,12-13H2,1-2H3,(H,23,27). The highest BCUT2D eigenvalue weighted by Crippen LogP contribution is 2.28. The van der Waals surface area contributed by atoms with E-state index >= 15 is 0 Å². The number of H-pyrrole nitrogens is 1. The molecule has 0 saturated heterocycles. The van der Waals surface area contributed by atoms with Crippen LogP contribution in [0.25, 0.3) is 10.9 Å². The molecule has 4 rings (SSSR count). The van der Waals surface area contributed by atoms with Crippen LogP contribution in [0.5, 0.6) is 11.5 Å². The summed E-state index contributed by atoms with van der Waals surface area (Å²) in [5.74, 6) is 0.580. The summed E-state index contributed by atoms with van der Waals surface area (Å²) in [6.45, 7) is 1.13. The van der Waals surface area contributed by atoms with Gasteiger partial charge in [-0.1, -0.05) is 18.2 Å². The number of carbonyl (C=O) groups excluding carboxylic acids is 2. The largest absolute Gasteiger partial charge is 0.493 e. The van der Waals surface area contributed by atoms with Gasteiger partial charge in [0.1, 0.15) is 0 Å². The summed E-state index contributed by atoms with van der Waals surface area (Å²) >= 11 is 0. The van der Waals surface area contributed by atoms with Crippen molar-refractivity contribution < 1.29 is 19.1 Å². The number of ether oxygens (including phenoxy) is 2. The number of amides is 2. The van der Waals surface area contributed by atoms with Crippen molar-refractivity contribution in [2.45, 2.75) is 13.0 Å². The van der Waals surface area contributed by atoms with Crippen LogP contribution in [0.15, 0.2) is 42.5 Å². The molecule has 2 N–H and O–H groups in total. The first kappa shape index (κ1) is 18.9. The Hall–Kier alpha value is -3.48. The number of hydrogen-bond acceptors (Lipinski definition) is 4. The summed E-state index contributed by atoms with van der Waals surface area (Å²) in [6.07, 6.45) is 0.777. The van der Waals surface area contributed by atoms with Crippen LogP contribution in [0, 0.1) is 0 Å². The van der Waals surface area contributed by atoms with Crippen LogP contribution in [0.3, 0.4) is 0 Å². The summed E-state index contributed by atoms with van der Waals surface area (Å²) in [7, 11) is 3.05. The van der Waals surface area contributed by atoms with Gasteiger partial charge in [-0.05, 0) is 24.3 Å². The van der Waals surface area contributed by atoms with E-state index in [1.807, 2.05) is 18.2 Å². The van der Waals surface area contributed by atoms with Crippen molar-refractivity contribution in [1.29, 1.82) is 0 Å². The predicted molar refractivity (Wildman–Crippen MR) is 109 cm³/mol. The van der Waals surface area contributed by atoms with Gasteiger partial charge in [0.15, 0.2) is 11.5 Å². The molecule has 1 aliphatic heterocycles. The van der Waals surface area contributed by atoms with E-state index in [1.54, 1.807) is 23.1 Å². The van der Waals surface area contributed by atoms with E-state index in [-0.39, 0.29) is 18.4 Å². The van der Waals surface area contributed by atoms with Crippen molar-refractivity contribution in [3.8, 4) is 11.5 Å². The lowest BCUT2D eigenvalue weighted by atomic mass is 10.0. The van der Waals surface area contributed by atoms with Crippen molar-refractivity contribution in [3.63, 3.8) is 0 Å². The van der Waals surface area contributed by atoms with Gasteiger partial charge in [-0.3, -0.25) is 9.59 Å². The van der Waals surface area contributed by atoms with E-state index in [0.717, 1.165) is 22.9 Å². The van der Waals surface area contributed by atoms with E-state index in [4.69, 9.17) is 9.47 Å². The topological polar surface area (TPSA) is 83.7 Å². The minimum Gasteiger partial charge on any atom is -0.493 e. The number of nitrogens with zero attached hydrogens (tertiary/aromatic N) is 1. The maximum Gasteiger partial charge on any atom is 0.251 e. The Bertz CT molecular complexity index is 1070. The van der Waals surface area contributed by atoms with Crippen molar-refractivity contribution >= 4 is 22.7 Å². The SMILES string of the molecule is COc1ccc(C(=O)NCC(=O)N2CCc3[nH]c4ccccc4c3C2)cc1OC. The van der Waals surface area contributed by atoms with Crippen LogP contribution < -0.4 is 14.8 Å². The molecular formula is C22H23N3O4. The lowest BCUT2D eigenvalue weighted by Crippen LogP contribution is -2.42. The highest BCUT2D eigenvalue weighted by molar-refractivity contribution is 5.97. The van der Waals surface area contributed by atoms with Gasteiger partial charge in [0, 0.05) is 47.2 Å². The van der Waals surface area contributed by atoms with Gasteiger partial charge >= 0.3 is 0 Å². The van der Waals surface area contributed by atoms with E-state index in [2.05, 4.69) is 16.4 Å². The molecule has 2 aromatic carbocycles. The van der Waals surface area contributed by atoms with Crippen LogP contribution in [0.1, 0.15) is 21.6 Å². The zero-order chi connectivity index (χ0) is 20.4. The van der Waals surface area contributed by atoms with Crippen molar-refractivity contribution in [2.75, 3.05) is 27.3 Å². The zero-order valence-corrected chi connectivity index (χ0v) is 16.5. The maximum atomic E-state index is 12.7. The van der Waals surface area contributed by atoms with E-state index in [0.29, 0.717) is 30.2 Å². The molecule has 0 aliphatic carbocycles. The second kappa shape index (κ2) is 7.87. The molecular weight excluding hydrogens is 370 g/mol. The number of para-hydroxylation sites is 1. The second-order valence-corrected chi connectivity index (χ2v) is 6.95. The zero-order valence-electron chi connectivity index (χ0n) is 16.5. The number of aromatic nitrogens is 1. The molecule has 0 atom stereocenters. The van der Waals surface area contributed by atoms with E-state index < -0.39 is 0 Å². The summed E-state index contributed by atoms with van der Waals surface area (Å²) in [5, 5.41) is 3.85. The molecule has 2 heterocycles. The number of nitrogens with one attached hydrogen (secondary N) is 2. The Kier molecular flexibility index (Phi) is 5.12. The monoisotopic (exact) mass is 393 g/mol. The molecule has 0 spiro atoms. The molecule has 0 bridgehead atoms. The summed E-state index contributed by atoms with van der Waals surface area (Å²) < 4.78 is 10.4. The lowest BCUT2D eigenvalue weighted by molar-refractivity contribution is -0.131. The first-order chi connectivity index (χ1) is 14.1. The third-order valence-corrected chi connectivity index (χ3v) is 5.28. The van der Waals surface area contributed by atoms with Crippen molar-refractivity contribution in [2.24, 2.45) is 0 Å². The van der Waals surface area contributed by atoms with Gasteiger partial charge in [-0.25, -0.2) is 0 Å². The van der Waals surface area contributed by atoms with Gasteiger partial charge in [0.05, 0.1) is 20.8 Å². The molecule has 150 valence electrons. The molecule has 3 aromatic rings. The smallest absolute Gasteiger partial charge is 0.251 e. The van der Waals surface area contributed by atoms with Crippen LogP contribution in [0.4, 0.5) is 0 Å². The fraction of sp³-hybridized carbons (Fsp3) is 0.273. The van der Waals surface area contributed by atoms with Crippen LogP contribution in [-0.2, 0) is 17.8 Å². The average Bonchev–Trinajstić information content (AvgIpc) is 3.14. The second-order valence-electron chi connectivity index (χ2n) is 6.95. The first-order valence-corrected chi connectivity index (χ1v) is 9.47. The van der Waals surface area contributed by atoms with Gasteiger partial charge in [0.25, 0.3) is 5.91 Å². The molecule has 1 aliphatic rings. The molecule has 0 unspecified atom stereocenters. The summed E-state index contributed by atoms with van der Waals surface area (Å²) in [6, 6.07) is 13.0. The van der Waals surface area contributed by atoms with Crippen molar-refractivity contribution in [1.82, 2.24) is 15.2 Å². The van der Waals surface area contributed by atoms with Crippen LogP contribution in [-0.4, -0.2) is 49.0 Å². The van der Waals surface area contributed by atoms with Gasteiger partial charge in [0.2, 0.25) is 5.91 Å². The average molecular weight is 393 g/mol. The number of fused-ring (bicyclic) bond motifs is 3. The minimum absolute atomic E-state index is 0.0507. The molecule has 7 nitrogen and oxygen atoms in total. The Balaban J connectivity index is 1.41. The summed E-state index contributed by atoms with van der Waals surface area (Å²) in [4.78, 5) is 30.4. The Labute approximate surface area is 168 Å². The lowest BCUT2D eigenvalue weighted by Gasteiger charge is -2.27. The van der Waals surface area contributed by atoms with E-state index in [1.165, 1.54) is 19.9 Å². The third-order valence-electron chi connectivity index (χ3n) is 5.28. The molecule has 0 saturated carbocycles. The molecule has 29 heavy (non-hydrogen) atoms. The van der Waals surface area contributed by atoms with E-state index in [9.17, 15) is 9.59 Å². The number of methoxy groups -OCH3 is 2. The van der Waals surface area contributed by atoms with Gasteiger partial charge in [-0.15, -0.1) is 0 Å². The molecule has 7 heteroatoms. The summed E-state index contributed by atoms with van der Waals surface area (Å²) in [5.41, 5.74) is 3.84. The normalized spacial score (nSPS) is 13.1. The highest BCUT2D eigenvalue weighted by Gasteiger charge is 2.24. The number of carbonyl (C=O) groups is 2. The Morgan fingerprint density at radius 3 is 2.69 bits per heavy atom. The minimum atomic E-state index is -0.330. The Morgan fingerprint density at radius 1 is 1.10 bits per heavy atom. The molecule has 0 fully saturated rings. The molecule has 1 aromatic heterocycles. The van der Waals surface area contributed by atoms with Gasteiger partial charge in [-0.2, -0.15) is 0 Å². The highest BCUT2D eigenvalue weighted by atomic mass is 16.5. The fourth-order valence-corrected chi connectivity index (χ4v) is 3.73. The maximum absolute atomic E-state index is 12.7. The van der Waals surface area contributed by atoms with Gasteiger partial charge < -0.3 is 24.7 Å². The number of hydrogen-bond donors (Lipinski definition) is 2. The molecule has 2 amide bonds. The van der Waals surface area contributed by atoms with Crippen LogP contribution >= 0.6 is 0 Å². The number of rotatable bonds is 5. The molecule has 0 radical (unpaired) electrons. The van der Waals surface area contributed by atoms with Crippen molar-refractivity contribution in [3.05, 3.63) is 59.3 Å². The first-order valence-electron chi connectivity index (χ1n) is 9.47. The predicted octanol–water partition coefficient (Wildman–Crippen LogP) is 2.50. The number of aromatic amines is 1. The quantitative estimate of drug-likeness (QED) is 0.698. The van der Waals surface area contributed by atoms with Crippen LogP contribution in [0.2, 0.25) is 0 Å². The Morgan fingerprint density at radius 2 is 1.90 bits per heavy atom. The fourth-order valence-electron chi connectivity index (χ4n) is 3.73. The third kappa shape index (κ3) is 3.63.